The fraction of sp³-hybridized carbons (Fsp3) is 0.600. The van der Waals surface area contributed by atoms with Crippen molar-refractivity contribution < 1.29 is 18.3 Å². The molecule has 1 saturated heterocycles. The molecule has 1 aliphatic rings. The molecule has 1 fully saturated rings. The van der Waals surface area contributed by atoms with Crippen LogP contribution in [0.15, 0.2) is 12.1 Å². The van der Waals surface area contributed by atoms with Crippen LogP contribution in [-0.2, 0) is 11.2 Å². The minimum atomic E-state index is -0.689. The molecule has 1 aliphatic heterocycles. The summed E-state index contributed by atoms with van der Waals surface area (Å²) in [5.41, 5.74) is 5.72. The molecule has 0 saturated carbocycles. The molecule has 0 spiro atoms. The standard InChI is InChI=1S/C15H21F2NO2/c1-15(2)5-3-11(20-15)9-19-14-12(16)7-10(4-6-18)8-13(14)17/h7-8,11H,3-6,9,18H2,1-2H3. The van der Waals surface area contributed by atoms with Crippen LogP contribution in [-0.4, -0.2) is 24.9 Å². The normalized spacial score (nSPS) is 21.1. The molecule has 1 aromatic rings. The molecule has 0 radical (unpaired) electrons. The predicted octanol–water partition coefficient (Wildman–Crippen LogP) is 2.80. The lowest BCUT2D eigenvalue weighted by Crippen LogP contribution is -2.24. The second-order valence-electron chi connectivity index (χ2n) is 5.78. The zero-order valence-corrected chi connectivity index (χ0v) is 11.9. The van der Waals surface area contributed by atoms with Crippen LogP contribution in [0, 0.1) is 11.6 Å². The highest BCUT2D eigenvalue weighted by Gasteiger charge is 2.32. The lowest BCUT2D eigenvalue weighted by Gasteiger charge is -2.19. The van der Waals surface area contributed by atoms with Crippen LogP contribution < -0.4 is 10.5 Å². The summed E-state index contributed by atoms with van der Waals surface area (Å²) in [6, 6.07) is 2.54. The van der Waals surface area contributed by atoms with Gasteiger partial charge in [0.2, 0.25) is 0 Å². The molecule has 1 aromatic carbocycles. The molecule has 112 valence electrons. The summed E-state index contributed by atoms with van der Waals surface area (Å²) in [4.78, 5) is 0. The third-order valence-corrected chi connectivity index (χ3v) is 3.46. The van der Waals surface area contributed by atoms with Crippen molar-refractivity contribution in [2.45, 2.75) is 44.8 Å². The van der Waals surface area contributed by atoms with E-state index in [2.05, 4.69) is 0 Å². The number of hydrogen-bond donors (Lipinski definition) is 1. The summed E-state index contributed by atoms with van der Waals surface area (Å²) in [5, 5.41) is 0. The van der Waals surface area contributed by atoms with Gasteiger partial charge in [0.15, 0.2) is 17.4 Å². The van der Waals surface area contributed by atoms with E-state index in [9.17, 15) is 8.78 Å². The van der Waals surface area contributed by atoms with Gasteiger partial charge in [0, 0.05) is 0 Å². The van der Waals surface area contributed by atoms with Crippen LogP contribution in [0.3, 0.4) is 0 Å². The highest BCUT2D eigenvalue weighted by atomic mass is 19.1. The smallest absolute Gasteiger partial charge is 0.190 e. The average molecular weight is 285 g/mol. The van der Waals surface area contributed by atoms with Crippen LogP contribution >= 0.6 is 0 Å². The third kappa shape index (κ3) is 3.67. The van der Waals surface area contributed by atoms with E-state index >= 15 is 0 Å². The second-order valence-corrected chi connectivity index (χ2v) is 5.78. The Hall–Kier alpha value is -1.20. The van der Waals surface area contributed by atoms with Crippen LogP contribution in [0.2, 0.25) is 0 Å². The summed E-state index contributed by atoms with van der Waals surface area (Å²) in [5.74, 6) is -1.71. The summed E-state index contributed by atoms with van der Waals surface area (Å²) in [6.07, 6.45) is 2.07. The molecule has 2 N–H and O–H groups in total. The minimum absolute atomic E-state index is 0.118. The Morgan fingerprint density at radius 2 is 2.00 bits per heavy atom. The number of nitrogens with two attached hydrogens (primary N) is 1. The van der Waals surface area contributed by atoms with Crippen molar-refractivity contribution in [2.24, 2.45) is 5.73 Å². The van der Waals surface area contributed by atoms with Gasteiger partial charge in [-0.2, -0.15) is 0 Å². The Balaban J connectivity index is 1.99. The van der Waals surface area contributed by atoms with E-state index in [1.54, 1.807) is 0 Å². The second kappa shape index (κ2) is 6.06. The Morgan fingerprint density at radius 3 is 2.50 bits per heavy atom. The van der Waals surface area contributed by atoms with Gasteiger partial charge in [-0.15, -0.1) is 0 Å². The number of hydrogen-bond acceptors (Lipinski definition) is 3. The fourth-order valence-corrected chi connectivity index (χ4v) is 2.43. The Kier molecular flexibility index (Phi) is 4.60. The molecule has 1 unspecified atom stereocenters. The molecule has 20 heavy (non-hydrogen) atoms. The van der Waals surface area contributed by atoms with Gasteiger partial charge in [-0.3, -0.25) is 0 Å². The maximum Gasteiger partial charge on any atom is 0.190 e. The quantitative estimate of drug-likeness (QED) is 0.904. The maximum absolute atomic E-state index is 13.8. The fourth-order valence-electron chi connectivity index (χ4n) is 2.43. The van der Waals surface area contributed by atoms with Crippen LogP contribution in [0.1, 0.15) is 32.3 Å². The summed E-state index contributed by atoms with van der Waals surface area (Å²) < 4.78 is 38.6. The number of rotatable bonds is 5. The summed E-state index contributed by atoms with van der Waals surface area (Å²) in [6.45, 7) is 4.50. The first-order valence-corrected chi connectivity index (χ1v) is 6.90. The molecule has 5 heteroatoms. The monoisotopic (exact) mass is 285 g/mol. The Bertz CT molecular complexity index is 454. The van der Waals surface area contributed by atoms with Crippen molar-refractivity contribution in [3.8, 4) is 5.75 Å². The number of ether oxygens (including phenoxy) is 2. The molecule has 0 aromatic heterocycles. The van der Waals surface area contributed by atoms with Crippen molar-refractivity contribution in [1.29, 1.82) is 0 Å². The van der Waals surface area contributed by atoms with E-state index in [0.29, 0.717) is 18.5 Å². The molecule has 1 atom stereocenters. The number of benzene rings is 1. The molecular formula is C15H21F2NO2. The van der Waals surface area contributed by atoms with E-state index in [-0.39, 0.29) is 24.1 Å². The van der Waals surface area contributed by atoms with Gasteiger partial charge < -0.3 is 15.2 Å². The zero-order valence-electron chi connectivity index (χ0n) is 11.9. The molecule has 1 heterocycles. The maximum atomic E-state index is 13.8. The van der Waals surface area contributed by atoms with Gasteiger partial charge in [-0.05, 0) is 57.4 Å². The molecule has 0 aliphatic carbocycles. The first kappa shape index (κ1) is 15.2. The molecule has 2 rings (SSSR count). The van der Waals surface area contributed by atoms with E-state index in [1.165, 1.54) is 12.1 Å². The van der Waals surface area contributed by atoms with Crippen molar-refractivity contribution >= 4 is 0 Å². The van der Waals surface area contributed by atoms with Gasteiger partial charge in [0.1, 0.15) is 6.61 Å². The van der Waals surface area contributed by atoms with E-state index in [4.69, 9.17) is 15.2 Å². The molecule has 0 bridgehead atoms. The minimum Gasteiger partial charge on any atom is -0.485 e. The van der Waals surface area contributed by atoms with Crippen molar-refractivity contribution in [3.05, 3.63) is 29.3 Å². The van der Waals surface area contributed by atoms with Crippen LogP contribution in [0.4, 0.5) is 8.78 Å². The van der Waals surface area contributed by atoms with E-state index in [1.807, 2.05) is 13.8 Å². The lowest BCUT2D eigenvalue weighted by atomic mass is 10.1. The summed E-state index contributed by atoms with van der Waals surface area (Å²) in [7, 11) is 0. The highest BCUT2D eigenvalue weighted by molar-refractivity contribution is 5.31. The van der Waals surface area contributed by atoms with Crippen LogP contribution in [0.25, 0.3) is 0 Å². The van der Waals surface area contributed by atoms with Gasteiger partial charge in [0.25, 0.3) is 0 Å². The predicted molar refractivity (Wildman–Crippen MR) is 72.8 cm³/mol. The van der Waals surface area contributed by atoms with E-state index < -0.39 is 11.6 Å². The first-order chi connectivity index (χ1) is 9.41. The van der Waals surface area contributed by atoms with Gasteiger partial charge in [-0.1, -0.05) is 0 Å². The van der Waals surface area contributed by atoms with Crippen LogP contribution in [0.5, 0.6) is 5.75 Å². The van der Waals surface area contributed by atoms with Crippen molar-refractivity contribution in [2.75, 3.05) is 13.2 Å². The topological polar surface area (TPSA) is 44.5 Å². The molecular weight excluding hydrogens is 264 g/mol. The largest absolute Gasteiger partial charge is 0.485 e. The van der Waals surface area contributed by atoms with Gasteiger partial charge >= 0.3 is 0 Å². The van der Waals surface area contributed by atoms with E-state index in [0.717, 1.165) is 12.8 Å². The lowest BCUT2D eigenvalue weighted by molar-refractivity contribution is -0.0335. The molecule has 0 amide bonds. The van der Waals surface area contributed by atoms with Gasteiger partial charge in [-0.25, -0.2) is 8.78 Å². The Morgan fingerprint density at radius 1 is 1.35 bits per heavy atom. The molecule has 3 nitrogen and oxygen atoms in total. The van der Waals surface area contributed by atoms with Crippen molar-refractivity contribution in [3.63, 3.8) is 0 Å². The SMILES string of the molecule is CC1(C)CCC(COc2c(F)cc(CCN)cc2F)O1. The zero-order chi connectivity index (χ0) is 14.8. The highest BCUT2D eigenvalue weighted by Crippen LogP contribution is 2.30. The Labute approximate surface area is 118 Å². The first-order valence-electron chi connectivity index (χ1n) is 6.90. The third-order valence-electron chi connectivity index (χ3n) is 3.46. The van der Waals surface area contributed by atoms with Gasteiger partial charge in [0.05, 0.1) is 11.7 Å². The summed E-state index contributed by atoms with van der Waals surface area (Å²) >= 11 is 0. The number of halogens is 2. The van der Waals surface area contributed by atoms with Crippen molar-refractivity contribution in [1.82, 2.24) is 0 Å². The average Bonchev–Trinajstić information content (AvgIpc) is 2.68.